The number of ether oxygens (including phenoxy) is 2. The summed E-state index contributed by atoms with van der Waals surface area (Å²) in [5.41, 5.74) is 2.06. The number of methoxy groups -OCH3 is 2. The first-order valence-corrected chi connectivity index (χ1v) is 8.73. The first-order chi connectivity index (χ1) is 12.6. The Labute approximate surface area is 155 Å². The number of hydrogen-bond acceptors (Lipinski definition) is 4. The number of benzene rings is 2. The zero-order valence-corrected chi connectivity index (χ0v) is 15.6. The summed E-state index contributed by atoms with van der Waals surface area (Å²) in [4.78, 5) is 14.6. The van der Waals surface area contributed by atoms with Gasteiger partial charge >= 0.3 is 0 Å². The molecule has 1 unspecified atom stereocenters. The molecular weight excluding hydrogens is 330 g/mol. The van der Waals surface area contributed by atoms with Crippen LogP contribution in [0.25, 0.3) is 0 Å². The fourth-order valence-corrected chi connectivity index (χ4v) is 2.95. The molecule has 0 aliphatic rings. The van der Waals surface area contributed by atoms with Gasteiger partial charge in [-0.15, -0.1) is 0 Å². The van der Waals surface area contributed by atoms with E-state index in [4.69, 9.17) is 9.47 Å². The molecule has 5 heteroatoms. The molecule has 0 saturated carbocycles. The maximum absolute atomic E-state index is 12.9. The van der Waals surface area contributed by atoms with Gasteiger partial charge in [0.05, 0.1) is 20.8 Å². The summed E-state index contributed by atoms with van der Waals surface area (Å²) in [7, 11) is 3.19. The molecule has 1 amide bonds. The molecule has 0 aliphatic carbocycles. The van der Waals surface area contributed by atoms with Crippen LogP contribution in [0.3, 0.4) is 0 Å². The van der Waals surface area contributed by atoms with E-state index in [1.165, 1.54) is 0 Å². The van der Waals surface area contributed by atoms with Gasteiger partial charge in [0.25, 0.3) is 0 Å². The average Bonchev–Trinajstić information content (AvgIpc) is 2.67. The Balaban J connectivity index is 2.08. The van der Waals surface area contributed by atoms with Crippen molar-refractivity contribution < 1.29 is 19.4 Å². The molecule has 0 aliphatic heterocycles. The second-order valence-corrected chi connectivity index (χ2v) is 6.26. The molecule has 0 bridgehead atoms. The Hall–Kier alpha value is -2.53. The Kier molecular flexibility index (Phi) is 7.48. The molecule has 0 spiro atoms. The molecule has 2 aromatic carbocycles. The number of aliphatic hydroxyl groups excluding tert-OH is 1. The molecule has 0 saturated heterocycles. The third-order valence-electron chi connectivity index (χ3n) is 4.31. The van der Waals surface area contributed by atoms with E-state index in [2.05, 4.69) is 0 Å². The van der Waals surface area contributed by atoms with Gasteiger partial charge in [-0.05, 0) is 29.7 Å². The highest BCUT2D eigenvalue weighted by Crippen LogP contribution is 2.28. The van der Waals surface area contributed by atoms with Crippen molar-refractivity contribution in [2.75, 3.05) is 27.4 Å². The van der Waals surface area contributed by atoms with Crippen molar-refractivity contribution in [3.8, 4) is 11.5 Å². The number of carbonyl (C=O) groups is 1. The summed E-state index contributed by atoms with van der Waals surface area (Å²) in [6.07, 6.45) is 0.593. The van der Waals surface area contributed by atoms with E-state index in [9.17, 15) is 9.90 Å². The number of carbonyl (C=O) groups excluding carboxylic acids is 1. The largest absolute Gasteiger partial charge is 0.493 e. The topological polar surface area (TPSA) is 59.0 Å². The van der Waals surface area contributed by atoms with Crippen molar-refractivity contribution in [1.82, 2.24) is 4.90 Å². The van der Waals surface area contributed by atoms with E-state index in [1.54, 1.807) is 19.1 Å². The van der Waals surface area contributed by atoms with Crippen molar-refractivity contribution in [2.24, 2.45) is 5.92 Å². The fraction of sp³-hybridized carbons (Fsp3) is 0.381. The van der Waals surface area contributed by atoms with Crippen LogP contribution in [0, 0.1) is 5.92 Å². The minimum atomic E-state index is -0.205. The van der Waals surface area contributed by atoms with Crippen molar-refractivity contribution in [3.63, 3.8) is 0 Å². The Bertz CT molecular complexity index is 702. The maximum atomic E-state index is 12.9. The van der Waals surface area contributed by atoms with E-state index >= 15 is 0 Å². The van der Waals surface area contributed by atoms with Crippen LogP contribution in [-0.4, -0.2) is 43.3 Å². The standard InChI is InChI=1S/C21H27NO4/c1-16(13-18-9-10-19(25-2)20(14-18)26-3)21(24)22(11-12-23)15-17-7-5-4-6-8-17/h4-10,14,16,23H,11-13,15H2,1-3H3. The lowest BCUT2D eigenvalue weighted by molar-refractivity contribution is -0.136. The number of rotatable bonds is 9. The van der Waals surface area contributed by atoms with Crippen LogP contribution in [0.4, 0.5) is 0 Å². The van der Waals surface area contributed by atoms with Gasteiger partial charge in [0.15, 0.2) is 11.5 Å². The highest BCUT2D eigenvalue weighted by Gasteiger charge is 2.21. The van der Waals surface area contributed by atoms with Crippen LogP contribution in [0.2, 0.25) is 0 Å². The van der Waals surface area contributed by atoms with Crippen molar-refractivity contribution >= 4 is 5.91 Å². The summed E-state index contributed by atoms with van der Waals surface area (Å²) in [6, 6.07) is 15.5. The van der Waals surface area contributed by atoms with E-state index in [-0.39, 0.29) is 18.4 Å². The Morgan fingerprint density at radius 1 is 1.04 bits per heavy atom. The fourth-order valence-electron chi connectivity index (χ4n) is 2.95. The van der Waals surface area contributed by atoms with Crippen LogP contribution in [0.15, 0.2) is 48.5 Å². The second-order valence-electron chi connectivity index (χ2n) is 6.26. The third kappa shape index (κ3) is 5.23. The molecule has 2 aromatic rings. The first-order valence-electron chi connectivity index (χ1n) is 8.73. The maximum Gasteiger partial charge on any atom is 0.226 e. The normalized spacial score (nSPS) is 11.7. The molecule has 26 heavy (non-hydrogen) atoms. The lowest BCUT2D eigenvalue weighted by Crippen LogP contribution is -2.37. The summed E-state index contributed by atoms with van der Waals surface area (Å²) in [5.74, 6) is 1.14. The molecule has 0 fully saturated rings. The summed E-state index contributed by atoms with van der Waals surface area (Å²) in [5, 5.41) is 9.34. The number of amides is 1. The minimum Gasteiger partial charge on any atom is -0.493 e. The van der Waals surface area contributed by atoms with Crippen LogP contribution < -0.4 is 9.47 Å². The smallest absolute Gasteiger partial charge is 0.226 e. The highest BCUT2D eigenvalue weighted by molar-refractivity contribution is 5.78. The molecule has 140 valence electrons. The highest BCUT2D eigenvalue weighted by atomic mass is 16.5. The van der Waals surface area contributed by atoms with Gasteiger partial charge in [0, 0.05) is 19.0 Å². The number of aliphatic hydroxyl groups is 1. The van der Waals surface area contributed by atoms with Gasteiger partial charge in [-0.3, -0.25) is 4.79 Å². The molecule has 5 nitrogen and oxygen atoms in total. The average molecular weight is 357 g/mol. The third-order valence-corrected chi connectivity index (χ3v) is 4.31. The van der Waals surface area contributed by atoms with Crippen molar-refractivity contribution in [3.05, 3.63) is 59.7 Å². The molecule has 2 rings (SSSR count). The van der Waals surface area contributed by atoms with Gasteiger partial charge in [0.2, 0.25) is 5.91 Å². The van der Waals surface area contributed by atoms with Crippen LogP contribution in [0.5, 0.6) is 11.5 Å². The van der Waals surface area contributed by atoms with Crippen LogP contribution in [-0.2, 0) is 17.8 Å². The number of hydrogen-bond donors (Lipinski definition) is 1. The molecule has 1 atom stereocenters. The monoisotopic (exact) mass is 357 g/mol. The van der Waals surface area contributed by atoms with Crippen LogP contribution >= 0.6 is 0 Å². The molecule has 1 N–H and O–H groups in total. The number of nitrogens with zero attached hydrogens (tertiary/aromatic N) is 1. The van der Waals surface area contributed by atoms with Crippen molar-refractivity contribution in [2.45, 2.75) is 19.9 Å². The summed E-state index contributed by atoms with van der Waals surface area (Å²) >= 11 is 0. The summed E-state index contributed by atoms with van der Waals surface area (Å²) < 4.78 is 10.6. The van der Waals surface area contributed by atoms with Crippen LogP contribution in [0.1, 0.15) is 18.1 Å². The quantitative estimate of drug-likeness (QED) is 0.750. The predicted molar refractivity (Wildman–Crippen MR) is 101 cm³/mol. The molecular formula is C21H27NO4. The van der Waals surface area contributed by atoms with Crippen molar-refractivity contribution in [1.29, 1.82) is 0 Å². The van der Waals surface area contributed by atoms with E-state index in [0.717, 1.165) is 11.1 Å². The Morgan fingerprint density at radius 3 is 2.35 bits per heavy atom. The lowest BCUT2D eigenvalue weighted by Gasteiger charge is -2.25. The zero-order chi connectivity index (χ0) is 18.9. The van der Waals surface area contributed by atoms with Gasteiger partial charge in [-0.2, -0.15) is 0 Å². The molecule has 0 radical (unpaired) electrons. The Morgan fingerprint density at radius 2 is 1.73 bits per heavy atom. The van der Waals surface area contributed by atoms with E-state index in [0.29, 0.717) is 31.0 Å². The van der Waals surface area contributed by atoms with E-state index in [1.807, 2.05) is 55.5 Å². The van der Waals surface area contributed by atoms with Gasteiger partial charge in [-0.1, -0.05) is 43.3 Å². The van der Waals surface area contributed by atoms with E-state index < -0.39 is 0 Å². The zero-order valence-electron chi connectivity index (χ0n) is 15.6. The van der Waals surface area contributed by atoms with Gasteiger partial charge in [-0.25, -0.2) is 0 Å². The molecule has 0 aromatic heterocycles. The predicted octanol–water partition coefficient (Wildman–Crippen LogP) is 2.90. The second kappa shape index (κ2) is 9.82. The summed E-state index contributed by atoms with van der Waals surface area (Å²) in [6.45, 7) is 2.68. The van der Waals surface area contributed by atoms with Gasteiger partial charge < -0.3 is 19.5 Å². The molecule has 0 heterocycles. The SMILES string of the molecule is COc1ccc(CC(C)C(=O)N(CCO)Cc2ccccc2)cc1OC. The van der Waals surface area contributed by atoms with Gasteiger partial charge in [0.1, 0.15) is 0 Å². The minimum absolute atomic E-state index is 0.0256. The first kappa shape index (κ1) is 19.8. The lowest BCUT2D eigenvalue weighted by atomic mass is 9.99.